The van der Waals surface area contributed by atoms with Gasteiger partial charge in [-0.25, -0.2) is 9.50 Å². The molecular weight excluding hydrogens is 178 g/mol. The zero-order valence-corrected chi connectivity index (χ0v) is 8.56. The molecule has 0 amide bonds. The lowest BCUT2D eigenvalue weighted by atomic mass is 10.1. The second-order valence-corrected chi connectivity index (χ2v) is 3.49. The van der Waals surface area contributed by atoms with E-state index in [2.05, 4.69) is 23.9 Å². The summed E-state index contributed by atoms with van der Waals surface area (Å²) in [6.07, 6.45) is 3.54. The minimum atomic E-state index is 0.385. The quantitative estimate of drug-likeness (QED) is 0.727. The van der Waals surface area contributed by atoms with Crippen LogP contribution in [0.5, 0.6) is 5.75 Å². The molecule has 2 aromatic heterocycles. The SMILES string of the molecule is COc1cc(C(C)C)nn2ccnc12. The maximum atomic E-state index is 5.25. The van der Waals surface area contributed by atoms with E-state index in [1.165, 1.54) is 0 Å². The molecule has 0 aliphatic rings. The van der Waals surface area contributed by atoms with E-state index in [9.17, 15) is 0 Å². The molecule has 0 radical (unpaired) electrons. The van der Waals surface area contributed by atoms with Crippen LogP contribution in [0.2, 0.25) is 0 Å². The Bertz CT molecular complexity index is 448. The molecule has 0 spiro atoms. The fourth-order valence-corrected chi connectivity index (χ4v) is 1.34. The summed E-state index contributed by atoms with van der Waals surface area (Å²) in [5.41, 5.74) is 1.77. The number of rotatable bonds is 2. The van der Waals surface area contributed by atoms with Crippen molar-refractivity contribution in [3.05, 3.63) is 24.2 Å². The highest BCUT2D eigenvalue weighted by molar-refractivity contribution is 5.53. The van der Waals surface area contributed by atoms with Gasteiger partial charge >= 0.3 is 0 Å². The number of ether oxygens (including phenoxy) is 1. The van der Waals surface area contributed by atoms with Crippen molar-refractivity contribution in [1.29, 1.82) is 0 Å². The molecule has 2 aromatic rings. The Morgan fingerprint density at radius 2 is 2.21 bits per heavy atom. The van der Waals surface area contributed by atoms with Crippen molar-refractivity contribution in [2.24, 2.45) is 0 Å². The van der Waals surface area contributed by atoms with Gasteiger partial charge in [0, 0.05) is 18.5 Å². The normalized spacial score (nSPS) is 11.1. The van der Waals surface area contributed by atoms with Gasteiger partial charge in [-0.15, -0.1) is 0 Å². The van der Waals surface area contributed by atoms with Gasteiger partial charge in [0.1, 0.15) is 0 Å². The summed E-state index contributed by atoms with van der Waals surface area (Å²) in [4.78, 5) is 4.17. The van der Waals surface area contributed by atoms with Gasteiger partial charge in [0.15, 0.2) is 11.4 Å². The molecule has 0 aliphatic heterocycles. The number of hydrogen-bond acceptors (Lipinski definition) is 3. The van der Waals surface area contributed by atoms with Crippen molar-refractivity contribution >= 4 is 5.65 Å². The molecule has 74 valence electrons. The molecule has 0 saturated heterocycles. The van der Waals surface area contributed by atoms with Crippen LogP contribution in [0.1, 0.15) is 25.5 Å². The molecule has 2 rings (SSSR count). The van der Waals surface area contributed by atoms with Gasteiger partial charge in [-0.2, -0.15) is 5.10 Å². The minimum Gasteiger partial charge on any atom is -0.493 e. The van der Waals surface area contributed by atoms with Crippen LogP contribution >= 0.6 is 0 Å². The maximum absolute atomic E-state index is 5.25. The van der Waals surface area contributed by atoms with Crippen LogP contribution in [-0.4, -0.2) is 21.7 Å². The molecule has 0 saturated carbocycles. The fourth-order valence-electron chi connectivity index (χ4n) is 1.34. The van der Waals surface area contributed by atoms with E-state index in [4.69, 9.17) is 4.74 Å². The third kappa shape index (κ3) is 1.32. The Balaban J connectivity index is 2.67. The average Bonchev–Trinajstić information content (AvgIpc) is 2.63. The van der Waals surface area contributed by atoms with Crippen LogP contribution in [0.25, 0.3) is 5.65 Å². The average molecular weight is 191 g/mol. The van der Waals surface area contributed by atoms with Gasteiger partial charge in [-0.05, 0) is 5.92 Å². The highest BCUT2D eigenvalue weighted by atomic mass is 16.5. The van der Waals surface area contributed by atoms with Crippen molar-refractivity contribution in [3.8, 4) is 5.75 Å². The standard InChI is InChI=1S/C10H13N3O/c1-7(2)8-6-9(14-3)10-11-4-5-13(10)12-8/h4-7H,1-3H3. The zero-order chi connectivity index (χ0) is 10.1. The number of hydrogen-bond donors (Lipinski definition) is 0. The fraction of sp³-hybridized carbons (Fsp3) is 0.400. The van der Waals surface area contributed by atoms with Gasteiger partial charge in [0.25, 0.3) is 0 Å². The van der Waals surface area contributed by atoms with E-state index < -0.39 is 0 Å². The number of fused-ring (bicyclic) bond motifs is 1. The topological polar surface area (TPSA) is 39.4 Å². The molecule has 14 heavy (non-hydrogen) atoms. The predicted octanol–water partition coefficient (Wildman–Crippen LogP) is 1.86. The van der Waals surface area contributed by atoms with Crippen molar-refractivity contribution in [3.63, 3.8) is 0 Å². The minimum absolute atomic E-state index is 0.385. The first-order chi connectivity index (χ1) is 6.72. The van der Waals surface area contributed by atoms with E-state index in [0.29, 0.717) is 5.92 Å². The lowest BCUT2D eigenvalue weighted by Gasteiger charge is -2.07. The Labute approximate surface area is 82.5 Å². The predicted molar refractivity (Wildman–Crippen MR) is 53.6 cm³/mol. The lowest BCUT2D eigenvalue weighted by Crippen LogP contribution is -2.01. The summed E-state index contributed by atoms with van der Waals surface area (Å²) in [6, 6.07) is 1.94. The summed E-state index contributed by atoms with van der Waals surface area (Å²) in [6.45, 7) is 4.20. The summed E-state index contributed by atoms with van der Waals surface area (Å²) in [5.74, 6) is 1.16. The second-order valence-electron chi connectivity index (χ2n) is 3.49. The first kappa shape index (κ1) is 8.99. The van der Waals surface area contributed by atoms with E-state index in [1.807, 2.05) is 12.3 Å². The van der Waals surface area contributed by atoms with Crippen LogP contribution in [0.3, 0.4) is 0 Å². The van der Waals surface area contributed by atoms with E-state index in [0.717, 1.165) is 17.1 Å². The zero-order valence-electron chi connectivity index (χ0n) is 8.56. The van der Waals surface area contributed by atoms with Crippen molar-refractivity contribution in [2.75, 3.05) is 7.11 Å². The second kappa shape index (κ2) is 3.29. The van der Waals surface area contributed by atoms with E-state index >= 15 is 0 Å². The molecular formula is C10H13N3O. The largest absolute Gasteiger partial charge is 0.493 e. The van der Waals surface area contributed by atoms with Crippen LogP contribution < -0.4 is 4.74 Å². The van der Waals surface area contributed by atoms with Crippen LogP contribution in [0.15, 0.2) is 18.5 Å². The molecule has 0 bridgehead atoms. The number of aromatic nitrogens is 3. The van der Waals surface area contributed by atoms with Crippen LogP contribution in [-0.2, 0) is 0 Å². The highest BCUT2D eigenvalue weighted by Gasteiger charge is 2.09. The highest BCUT2D eigenvalue weighted by Crippen LogP contribution is 2.21. The first-order valence-corrected chi connectivity index (χ1v) is 4.60. The molecule has 0 aromatic carbocycles. The molecule has 0 N–H and O–H groups in total. The summed E-state index contributed by atoms with van der Waals surface area (Å²) in [7, 11) is 1.65. The Morgan fingerprint density at radius 1 is 1.43 bits per heavy atom. The maximum Gasteiger partial charge on any atom is 0.196 e. The van der Waals surface area contributed by atoms with Gasteiger partial charge in [-0.3, -0.25) is 0 Å². The summed E-state index contributed by atoms with van der Waals surface area (Å²) < 4.78 is 7.00. The molecule has 0 unspecified atom stereocenters. The number of nitrogens with zero attached hydrogens (tertiary/aromatic N) is 3. The van der Waals surface area contributed by atoms with Gasteiger partial charge in [0.05, 0.1) is 12.8 Å². The van der Waals surface area contributed by atoms with Gasteiger partial charge in [-0.1, -0.05) is 13.8 Å². The summed E-state index contributed by atoms with van der Waals surface area (Å²) in [5, 5.41) is 4.42. The van der Waals surface area contributed by atoms with E-state index in [1.54, 1.807) is 17.8 Å². The third-order valence-corrected chi connectivity index (χ3v) is 2.16. The number of methoxy groups -OCH3 is 1. The summed E-state index contributed by atoms with van der Waals surface area (Å²) >= 11 is 0. The Kier molecular flexibility index (Phi) is 2.11. The van der Waals surface area contributed by atoms with Crippen LogP contribution in [0.4, 0.5) is 0 Å². The van der Waals surface area contributed by atoms with Crippen molar-refractivity contribution in [2.45, 2.75) is 19.8 Å². The monoisotopic (exact) mass is 191 g/mol. The molecule has 4 nitrogen and oxygen atoms in total. The molecule has 0 fully saturated rings. The Hall–Kier alpha value is -1.58. The molecule has 4 heteroatoms. The van der Waals surface area contributed by atoms with Crippen molar-refractivity contribution in [1.82, 2.24) is 14.6 Å². The first-order valence-electron chi connectivity index (χ1n) is 4.60. The smallest absolute Gasteiger partial charge is 0.196 e. The van der Waals surface area contributed by atoms with Crippen LogP contribution in [0, 0.1) is 0 Å². The number of imidazole rings is 1. The van der Waals surface area contributed by atoms with E-state index in [-0.39, 0.29) is 0 Å². The Morgan fingerprint density at radius 3 is 2.86 bits per heavy atom. The van der Waals surface area contributed by atoms with Gasteiger partial charge < -0.3 is 4.74 Å². The van der Waals surface area contributed by atoms with Crippen molar-refractivity contribution < 1.29 is 4.74 Å². The molecule has 0 aliphatic carbocycles. The molecule has 2 heterocycles. The van der Waals surface area contributed by atoms with Gasteiger partial charge in [0.2, 0.25) is 0 Å². The lowest BCUT2D eigenvalue weighted by molar-refractivity contribution is 0.414. The molecule has 0 atom stereocenters. The third-order valence-electron chi connectivity index (χ3n) is 2.16.